The summed E-state index contributed by atoms with van der Waals surface area (Å²) in [5.74, 6) is -12.7. The van der Waals surface area contributed by atoms with E-state index in [1.807, 2.05) is 0 Å². The maximum absolute atomic E-state index is 13.8. The van der Waals surface area contributed by atoms with Crippen molar-refractivity contribution in [3.8, 4) is 34.5 Å². The number of unbranched alkanes of at least 4 members (excludes halogenated alkanes) is 6. The van der Waals surface area contributed by atoms with Crippen molar-refractivity contribution in [2.24, 2.45) is 0 Å². The smallest absolute Gasteiger partial charge is 0.339 e. The minimum absolute atomic E-state index is 0.0702. The molecule has 0 atom stereocenters. The molecule has 0 aliphatic carbocycles. The average Bonchev–Trinajstić information content (AvgIpc) is 0.725. The largest absolute Gasteiger partial charge is 0.501 e. The van der Waals surface area contributed by atoms with Crippen molar-refractivity contribution in [1.29, 1.82) is 0 Å². The number of benzene rings is 4. The van der Waals surface area contributed by atoms with Crippen molar-refractivity contribution >= 4 is 104 Å². The Kier molecular flexibility index (Phi) is 42.1. The first-order chi connectivity index (χ1) is 52.3. The molecule has 0 N–H and O–H groups in total. The first-order valence-corrected chi connectivity index (χ1v) is 33.6. The number of ether oxygens (including phenoxy) is 18. The molecule has 0 radical (unpaired) electrons. The maximum Gasteiger partial charge on any atom is 0.339 e. The molecule has 0 heterocycles. The fourth-order valence-corrected chi connectivity index (χ4v) is 8.49. The van der Waals surface area contributed by atoms with E-state index in [0.717, 1.165) is 110 Å². The van der Waals surface area contributed by atoms with Crippen LogP contribution in [0.1, 0.15) is 77.0 Å². The molecule has 30 nitrogen and oxygen atoms in total. The van der Waals surface area contributed by atoms with Gasteiger partial charge in [0.05, 0.1) is 153 Å². The highest BCUT2D eigenvalue weighted by Crippen LogP contribution is 2.47. The Hall–Kier alpha value is -13.0. The number of rotatable bonds is 54. The van der Waals surface area contributed by atoms with Gasteiger partial charge in [0.2, 0.25) is 0 Å². The van der Waals surface area contributed by atoms with E-state index in [4.69, 9.17) is 85.3 Å². The molecular formula is C78H84O30. The van der Waals surface area contributed by atoms with Crippen molar-refractivity contribution in [3.63, 3.8) is 0 Å². The molecule has 0 amide bonds. The molecule has 4 aromatic carbocycles. The van der Waals surface area contributed by atoms with Crippen LogP contribution >= 0.6 is 0 Å². The average molecular weight is 1500 g/mol. The highest BCUT2D eigenvalue weighted by atomic mass is 16.6. The summed E-state index contributed by atoms with van der Waals surface area (Å²) in [6, 6.07) is 7.61. The summed E-state index contributed by atoms with van der Waals surface area (Å²) in [5, 5.41) is 0.522. The van der Waals surface area contributed by atoms with Crippen LogP contribution in [0.4, 0.5) is 0 Å². The zero-order chi connectivity index (χ0) is 78.5. The first-order valence-electron chi connectivity index (χ1n) is 33.6. The Bertz CT molecular complexity index is 3330. The molecule has 0 aromatic heterocycles. The van der Waals surface area contributed by atoms with Crippen LogP contribution in [0.2, 0.25) is 0 Å². The van der Waals surface area contributed by atoms with E-state index >= 15 is 0 Å². The van der Waals surface area contributed by atoms with Crippen LogP contribution in [-0.4, -0.2) is 151 Å². The van der Waals surface area contributed by atoms with Crippen LogP contribution in [-0.2, 0) is 114 Å². The van der Waals surface area contributed by atoms with E-state index < -0.39 is 106 Å². The van der Waals surface area contributed by atoms with E-state index in [0.29, 0.717) is 77.0 Å². The van der Waals surface area contributed by atoms with Crippen LogP contribution in [0, 0.1) is 0 Å². The van der Waals surface area contributed by atoms with Gasteiger partial charge in [-0.15, -0.1) is 0 Å². The summed E-state index contributed by atoms with van der Waals surface area (Å²) < 4.78 is 98.1. The molecule has 0 bridgehead atoms. The van der Waals surface area contributed by atoms with Crippen LogP contribution < -0.4 is 28.4 Å². The minimum Gasteiger partial charge on any atom is -0.501 e. The lowest BCUT2D eigenvalue weighted by Gasteiger charge is -2.18. The molecule has 576 valence electrons. The van der Waals surface area contributed by atoms with Crippen molar-refractivity contribution in [2.75, 3.05) is 79.3 Å². The summed E-state index contributed by atoms with van der Waals surface area (Å²) in [5.41, 5.74) is 0. The molecule has 4 aromatic rings. The van der Waals surface area contributed by atoms with Crippen molar-refractivity contribution in [1.82, 2.24) is 0 Å². The minimum atomic E-state index is -1.08. The summed E-state index contributed by atoms with van der Waals surface area (Å²) >= 11 is 0. The number of carbonyl (C=O) groups excluding carboxylic acids is 12. The molecule has 4 rings (SSSR count). The lowest BCUT2D eigenvalue weighted by atomic mass is 9.93. The summed E-state index contributed by atoms with van der Waals surface area (Å²) in [6.07, 6.45) is 22.6. The van der Waals surface area contributed by atoms with E-state index in [1.165, 1.54) is 36.4 Å². The third kappa shape index (κ3) is 35.4. The fraction of sp³-hybridized carbons (Fsp3) is 0.308. The number of fused-ring (bicyclic) bond motifs is 6. The van der Waals surface area contributed by atoms with Gasteiger partial charge < -0.3 is 85.3 Å². The standard InChI is InChI=1S/C78H84O30/c1-7-67(79)97-37-19-13-31-91-43-25-73(85)103-61-49-55-56(50-62(61)104-74(86)26-44-92-32-14-20-38-98-68(80)8-2)58-52-64(106-76(88)28-46-94-34-16-22-40-100-70(82)10-4)66(108-78(90)30-48-96-36-18-24-42-102-72(84)12-6)54-60(58)59-53-65(107-77(89)29-47-95-35-17-23-41-101-71(83)11-5)63(51-57(55)59)105-75(87)27-45-93-33-15-21-39-99-69(81)9-3/h7-12,25-30,43-54H,1-6,13-24,31-42H2. The van der Waals surface area contributed by atoms with Gasteiger partial charge in [-0.1, -0.05) is 39.5 Å². The summed E-state index contributed by atoms with van der Waals surface area (Å²) in [6.45, 7) is 21.0. The van der Waals surface area contributed by atoms with Crippen LogP contribution in [0.5, 0.6) is 34.5 Å². The number of carbonyl (C=O) groups is 12. The summed E-state index contributed by atoms with van der Waals surface area (Å²) in [4.78, 5) is 152. The second kappa shape index (κ2) is 52.0. The van der Waals surface area contributed by atoms with Crippen LogP contribution in [0.3, 0.4) is 0 Å². The molecule has 0 fully saturated rings. The highest BCUT2D eigenvalue weighted by molar-refractivity contribution is 6.27. The molecule has 0 unspecified atom stereocenters. The van der Waals surface area contributed by atoms with Gasteiger partial charge in [0.1, 0.15) is 0 Å². The van der Waals surface area contributed by atoms with Crippen molar-refractivity contribution < 1.29 is 143 Å². The predicted octanol–water partition coefficient (Wildman–Crippen LogP) is 10.8. The zero-order valence-corrected chi connectivity index (χ0v) is 59.3. The van der Waals surface area contributed by atoms with Crippen LogP contribution in [0.15, 0.2) is 186 Å². The SMILES string of the molecule is C=CC(=O)OCCCCOC=CC(=O)Oc1cc2c3cc(OC(=O)C=COCCCCOC(=O)C=C)c(OC(=O)C=COCCCCOC(=O)C=C)cc3c3cc(OC(=O)C=COCCCCOC(=O)C=C)c(OC(=O)C=COCCCCOC(=O)C=C)cc3c2cc1OC(=O)C=COCCCCOC(=O)C=C. The Balaban J connectivity index is 2.03. The van der Waals surface area contributed by atoms with Gasteiger partial charge in [-0.25, -0.2) is 57.5 Å². The number of hydrogen-bond acceptors (Lipinski definition) is 30. The Morgan fingerprint density at radius 3 is 0.463 bits per heavy atom. The normalized spacial score (nSPS) is 11.0. The quantitative estimate of drug-likeness (QED) is 0.00753. The van der Waals surface area contributed by atoms with Gasteiger partial charge in [0.15, 0.2) is 34.5 Å². The Morgan fingerprint density at radius 2 is 0.333 bits per heavy atom. The molecule has 0 saturated heterocycles. The van der Waals surface area contributed by atoms with Crippen molar-refractivity contribution in [2.45, 2.75) is 77.0 Å². The van der Waals surface area contributed by atoms with Gasteiger partial charge in [-0.3, -0.25) is 0 Å². The van der Waals surface area contributed by atoms with E-state index in [-0.39, 0.29) is 112 Å². The molecular weight excluding hydrogens is 1420 g/mol. The Morgan fingerprint density at radius 1 is 0.204 bits per heavy atom. The fourth-order valence-electron chi connectivity index (χ4n) is 8.49. The third-order valence-electron chi connectivity index (χ3n) is 13.6. The third-order valence-corrected chi connectivity index (χ3v) is 13.6. The topological polar surface area (TPSA) is 371 Å². The van der Waals surface area contributed by atoms with Gasteiger partial charge >= 0.3 is 71.6 Å². The molecule has 0 aliphatic rings. The van der Waals surface area contributed by atoms with Gasteiger partial charge in [-0.05, 0) is 146 Å². The predicted molar refractivity (Wildman–Crippen MR) is 386 cm³/mol. The highest BCUT2D eigenvalue weighted by Gasteiger charge is 2.25. The summed E-state index contributed by atoms with van der Waals surface area (Å²) in [7, 11) is 0. The second-order valence-corrected chi connectivity index (χ2v) is 21.6. The second-order valence-electron chi connectivity index (χ2n) is 21.6. The molecule has 30 heteroatoms. The molecule has 0 saturated carbocycles. The monoisotopic (exact) mass is 1500 g/mol. The molecule has 0 spiro atoms. The van der Waals surface area contributed by atoms with Gasteiger partial charge in [-0.2, -0.15) is 0 Å². The molecule has 0 aliphatic heterocycles. The Labute approximate surface area is 621 Å². The van der Waals surface area contributed by atoms with Crippen molar-refractivity contribution in [3.05, 3.63) is 186 Å². The first kappa shape index (κ1) is 87.4. The lowest BCUT2D eigenvalue weighted by molar-refractivity contribution is -0.138. The number of esters is 12. The van der Waals surface area contributed by atoms with Gasteiger partial charge in [0, 0.05) is 36.5 Å². The van der Waals surface area contributed by atoms with E-state index in [2.05, 4.69) is 39.5 Å². The zero-order valence-electron chi connectivity index (χ0n) is 59.3. The van der Waals surface area contributed by atoms with Gasteiger partial charge in [0.25, 0.3) is 0 Å². The number of hydrogen-bond donors (Lipinski definition) is 0. The maximum atomic E-state index is 13.8. The van der Waals surface area contributed by atoms with E-state index in [9.17, 15) is 57.5 Å². The molecule has 108 heavy (non-hydrogen) atoms. The van der Waals surface area contributed by atoms with Crippen LogP contribution in [0.25, 0.3) is 32.3 Å². The lowest BCUT2D eigenvalue weighted by Crippen LogP contribution is -2.11. The van der Waals surface area contributed by atoms with E-state index in [1.54, 1.807) is 0 Å².